The second kappa shape index (κ2) is 11.5. The zero-order valence-electron chi connectivity index (χ0n) is 13.1. The predicted octanol–water partition coefficient (Wildman–Crippen LogP) is -0.117. The quantitative estimate of drug-likeness (QED) is 0.265. The van der Waals surface area contributed by atoms with E-state index in [0.29, 0.717) is 31.6 Å². The van der Waals surface area contributed by atoms with Gasteiger partial charge in [0.25, 0.3) is 0 Å². The smallest absolute Gasteiger partial charge is 0.404 e. The van der Waals surface area contributed by atoms with E-state index in [0.717, 1.165) is 5.56 Å². The Kier molecular flexibility index (Phi) is 10.1. The van der Waals surface area contributed by atoms with Gasteiger partial charge < -0.3 is 38.0 Å². The lowest BCUT2D eigenvalue weighted by Crippen LogP contribution is -2.33. The lowest BCUT2D eigenvalue weighted by molar-refractivity contribution is -0.138. The highest BCUT2D eigenvalue weighted by Crippen LogP contribution is 2.04. The number of nitrogens with two attached hydrogens (primary N) is 3. The maximum absolute atomic E-state index is 10.2. The molecule has 1 aromatic carbocycles. The lowest BCUT2D eigenvalue weighted by Gasteiger charge is -2.05. The van der Waals surface area contributed by atoms with E-state index in [2.05, 4.69) is 10.6 Å². The number of carbonyl (C=O) groups is 3. The molecular formula is C14H23N5O5. The molecule has 3 amide bonds. The van der Waals surface area contributed by atoms with Crippen LogP contribution in [-0.4, -0.2) is 40.9 Å². The SMILES string of the molecule is NC(=O)NCCC[C@H](N)C(=O)O.Nc1ccc(CNC(=O)O)cc1. The Morgan fingerprint density at radius 2 is 1.67 bits per heavy atom. The van der Waals surface area contributed by atoms with Crippen LogP contribution in [0.25, 0.3) is 0 Å². The van der Waals surface area contributed by atoms with Crippen LogP contribution in [-0.2, 0) is 11.3 Å². The number of aliphatic carboxylic acids is 1. The zero-order chi connectivity index (χ0) is 18.5. The molecule has 0 aromatic heterocycles. The molecule has 0 bridgehead atoms. The van der Waals surface area contributed by atoms with Crippen molar-refractivity contribution in [3.8, 4) is 0 Å². The fourth-order valence-corrected chi connectivity index (χ4v) is 1.47. The molecule has 134 valence electrons. The number of hydrogen-bond acceptors (Lipinski definition) is 5. The van der Waals surface area contributed by atoms with Crippen LogP contribution in [0.15, 0.2) is 24.3 Å². The highest BCUT2D eigenvalue weighted by molar-refractivity contribution is 5.73. The molecule has 0 spiro atoms. The highest BCUT2D eigenvalue weighted by Gasteiger charge is 2.09. The van der Waals surface area contributed by atoms with Gasteiger partial charge in [-0.05, 0) is 30.5 Å². The molecule has 1 atom stereocenters. The number of nitrogen functional groups attached to an aromatic ring is 1. The minimum Gasteiger partial charge on any atom is -0.480 e. The molecule has 0 saturated carbocycles. The number of carboxylic acids is 1. The van der Waals surface area contributed by atoms with Gasteiger partial charge in [-0.2, -0.15) is 0 Å². The van der Waals surface area contributed by atoms with Crippen molar-refractivity contribution in [3.05, 3.63) is 29.8 Å². The summed E-state index contributed by atoms with van der Waals surface area (Å²) in [5.74, 6) is -1.03. The lowest BCUT2D eigenvalue weighted by atomic mass is 10.2. The van der Waals surface area contributed by atoms with Crippen LogP contribution in [0.1, 0.15) is 18.4 Å². The van der Waals surface area contributed by atoms with Crippen molar-refractivity contribution < 1.29 is 24.6 Å². The number of carbonyl (C=O) groups excluding carboxylic acids is 1. The summed E-state index contributed by atoms with van der Waals surface area (Å²) >= 11 is 0. The molecular weight excluding hydrogens is 318 g/mol. The number of carboxylic acid groups (broad SMARTS) is 2. The van der Waals surface area contributed by atoms with Gasteiger partial charge in [-0.1, -0.05) is 12.1 Å². The Hall–Kier alpha value is -3.01. The van der Waals surface area contributed by atoms with Gasteiger partial charge in [0.1, 0.15) is 6.04 Å². The molecule has 10 heteroatoms. The summed E-state index contributed by atoms with van der Waals surface area (Å²) in [6.45, 7) is 0.673. The molecule has 0 aliphatic heterocycles. The van der Waals surface area contributed by atoms with Gasteiger partial charge in [-0.15, -0.1) is 0 Å². The minimum atomic E-state index is -1.03. The second-order valence-electron chi connectivity index (χ2n) is 4.78. The molecule has 10 N–H and O–H groups in total. The number of rotatable bonds is 7. The molecule has 0 radical (unpaired) electrons. The van der Waals surface area contributed by atoms with E-state index in [1.54, 1.807) is 24.3 Å². The first-order valence-electron chi connectivity index (χ1n) is 7.05. The first-order valence-corrected chi connectivity index (χ1v) is 7.05. The van der Waals surface area contributed by atoms with Crippen LogP contribution in [0.2, 0.25) is 0 Å². The van der Waals surface area contributed by atoms with Crippen LogP contribution in [0.4, 0.5) is 15.3 Å². The van der Waals surface area contributed by atoms with Crippen LogP contribution >= 0.6 is 0 Å². The number of anilines is 1. The van der Waals surface area contributed by atoms with Crippen LogP contribution in [0.5, 0.6) is 0 Å². The third-order valence-electron chi connectivity index (χ3n) is 2.73. The number of urea groups is 1. The van der Waals surface area contributed by atoms with E-state index < -0.39 is 24.1 Å². The highest BCUT2D eigenvalue weighted by atomic mass is 16.4. The van der Waals surface area contributed by atoms with Crippen molar-refractivity contribution in [2.24, 2.45) is 11.5 Å². The van der Waals surface area contributed by atoms with Crippen molar-refractivity contribution in [1.29, 1.82) is 0 Å². The van der Waals surface area contributed by atoms with Crippen molar-refractivity contribution in [3.63, 3.8) is 0 Å². The average Bonchev–Trinajstić information content (AvgIpc) is 2.51. The molecule has 1 rings (SSSR count). The van der Waals surface area contributed by atoms with Crippen LogP contribution in [0, 0.1) is 0 Å². The van der Waals surface area contributed by atoms with Gasteiger partial charge in [0.05, 0.1) is 0 Å². The summed E-state index contributed by atoms with van der Waals surface area (Å²) in [5, 5.41) is 21.2. The van der Waals surface area contributed by atoms with Crippen molar-refractivity contribution >= 4 is 23.8 Å². The van der Waals surface area contributed by atoms with E-state index >= 15 is 0 Å². The minimum absolute atomic E-state index is 0.315. The van der Waals surface area contributed by atoms with Crippen LogP contribution < -0.4 is 27.8 Å². The van der Waals surface area contributed by atoms with Crippen molar-refractivity contribution in [2.75, 3.05) is 12.3 Å². The van der Waals surface area contributed by atoms with E-state index in [-0.39, 0.29) is 0 Å². The van der Waals surface area contributed by atoms with Gasteiger partial charge in [0, 0.05) is 18.8 Å². The summed E-state index contributed by atoms with van der Waals surface area (Å²) in [6.07, 6.45) is -0.182. The first kappa shape index (κ1) is 21.0. The molecule has 0 aliphatic carbocycles. The Labute approximate surface area is 139 Å². The monoisotopic (exact) mass is 341 g/mol. The molecule has 24 heavy (non-hydrogen) atoms. The summed E-state index contributed by atoms with van der Waals surface area (Å²) in [6, 6.07) is 5.56. The normalized spacial score (nSPS) is 10.7. The van der Waals surface area contributed by atoms with Gasteiger partial charge in [0.15, 0.2) is 0 Å². The van der Waals surface area contributed by atoms with E-state index in [4.69, 9.17) is 27.4 Å². The maximum atomic E-state index is 10.2. The second-order valence-corrected chi connectivity index (χ2v) is 4.78. The number of primary amides is 1. The summed E-state index contributed by atoms with van der Waals surface area (Å²) in [4.78, 5) is 30.4. The van der Waals surface area contributed by atoms with Gasteiger partial charge in [0.2, 0.25) is 0 Å². The van der Waals surface area contributed by atoms with Crippen molar-refractivity contribution in [2.45, 2.75) is 25.4 Å². The average molecular weight is 341 g/mol. The molecule has 0 aliphatic rings. The van der Waals surface area contributed by atoms with E-state index in [1.165, 1.54) is 0 Å². The van der Waals surface area contributed by atoms with Gasteiger partial charge in [-0.25, -0.2) is 9.59 Å². The third-order valence-corrected chi connectivity index (χ3v) is 2.73. The fourth-order valence-electron chi connectivity index (χ4n) is 1.47. The topological polar surface area (TPSA) is 194 Å². The van der Waals surface area contributed by atoms with Crippen molar-refractivity contribution in [1.82, 2.24) is 10.6 Å². The maximum Gasteiger partial charge on any atom is 0.404 e. The van der Waals surface area contributed by atoms with E-state index in [9.17, 15) is 14.4 Å². The fraction of sp³-hybridized carbons (Fsp3) is 0.357. The Morgan fingerprint density at radius 3 is 2.12 bits per heavy atom. The first-order chi connectivity index (χ1) is 11.2. The predicted molar refractivity (Wildman–Crippen MR) is 88.2 cm³/mol. The summed E-state index contributed by atoms with van der Waals surface area (Å²) in [5.41, 5.74) is 17.0. The van der Waals surface area contributed by atoms with Gasteiger partial charge >= 0.3 is 18.1 Å². The molecule has 1 aromatic rings. The number of amides is 3. The summed E-state index contributed by atoms with van der Waals surface area (Å²) < 4.78 is 0. The summed E-state index contributed by atoms with van der Waals surface area (Å²) in [7, 11) is 0. The Bertz CT molecular complexity index is 535. The molecule has 10 nitrogen and oxygen atoms in total. The molecule has 0 unspecified atom stereocenters. The third kappa shape index (κ3) is 11.6. The zero-order valence-corrected chi connectivity index (χ0v) is 13.1. The van der Waals surface area contributed by atoms with E-state index in [1.807, 2.05) is 0 Å². The number of hydrogen-bond donors (Lipinski definition) is 7. The van der Waals surface area contributed by atoms with Crippen LogP contribution in [0.3, 0.4) is 0 Å². The Balaban J connectivity index is 0.000000441. The standard InChI is InChI=1S/C8H10N2O2.C6H13N3O3/c9-7-3-1-6(2-4-7)5-10-8(11)12;7-4(5(10)11)2-1-3-9-6(8)12/h1-4,10H,5,9H2,(H,11,12);4H,1-3,7H2,(H,10,11)(H3,8,9,12)/t;4-/m.0/s1. The van der Waals surface area contributed by atoms with Gasteiger partial charge in [-0.3, -0.25) is 4.79 Å². The number of benzene rings is 1. The Morgan fingerprint density at radius 1 is 1.08 bits per heavy atom. The molecule has 0 saturated heterocycles. The largest absolute Gasteiger partial charge is 0.480 e. The number of nitrogens with one attached hydrogen (secondary N) is 2. The molecule has 0 fully saturated rings. The molecule has 0 heterocycles.